The number of hydrogen-bond acceptors (Lipinski definition) is 3. The highest BCUT2D eigenvalue weighted by molar-refractivity contribution is 7.99. The van der Waals surface area contributed by atoms with Crippen LogP contribution in [0, 0.1) is 0 Å². The summed E-state index contributed by atoms with van der Waals surface area (Å²) in [6.45, 7) is 0. The number of nitrogens with one attached hydrogen (secondary N) is 2. The number of aromatic nitrogens is 2. The fourth-order valence-corrected chi connectivity index (χ4v) is 2.73. The number of thioether (sulfide) groups is 1. The Labute approximate surface area is 93.2 Å². The van der Waals surface area contributed by atoms with Crippen LogP contribution >= 0.6 is 11.8 Å². The normalized spacial score (nSPS) is 25.4. The van der Waals surface area contributed by atoms with Crippen LogP contribution in [0.1, 0.15) is 29.6 Å². The van der Waals surface area contributed by atoms with Gasteiger partial charge in [-0.2, -0.15) is 16.9 Å². The zero-order valence-corrected chi connectivity index (χ0v) is 9.51. The van der Waals surface area contributed by atoms with Gasteiger partial charge in [0.05, 0.1) is 11.8 Å². The minimum absolute atomic E-state index is 0.0181. The molecule has 2 unspecified atom stereocenters. The minimum atomic E-state index is -0.0181. The van der Waals surface area contributed by atoms with Crippen LogP contribution < -0.4 is 5.32 Å². The maximum absolute atomic E-state index is 11.7. The van der Waals surface area contributed by atoms with Gasteiger partial charge in [-0.1, -0.05) is 0 Å². The second kappa shape index (κ2) is 4.70. The molecule has 1 aliphatic carbocycles. The molecule has 5 heteroatoms. The highest BCUT2D eigenvalue weighted by Crippen LogP contribution is 2.28. The predicted octanol–water partition coefficient (Wildman–Crippen LogP) is 1.42. The second-order valence-corrected chi connectivity index (χ2v) is 4.97. The van der Waals surface area contributed by atoms with Crippen molar-refractivity contribution in [2.24, 2.45) is 0 Å². The standard InChI is InChI=1S/C10H15N3OS/c1-15-9-3-2-8(4-9)13-10(14)7-5-11-12-6-7/h5-6,8-9H,2-4H2,1H3,(H,11,12)(H,13,14). The second-order valence-electron chi connectivity index (χ2n) is 3.83. The number of amides is 1. The van der Waals surface area contributed by atoms with Gasteiger partial charge in [0.15, 0.2) is 0 Å². The quantitative estimate of drug-likeness (QED) is 0.818. The Bertz CT molecular complexity index is 325. The first-order valence-corrected chi connectivity index (χ1v) is 6.41. The Hall–Kier alpha value is -0.970. The van der Waals surface area contributed by atoms with E-state index in [0.29, 0.717) is 16.9 Å². The zero-order chi connectivity index (χ0) is 10.7. The van der Waals surface area contributed by atoms with Gasteiger partial charge in [-0.15, -0.1) is 0 Å². The van der Waals surface area contributed by atoms with E-state index in [1.54, 1.807) is 12.4 Å². The maximum atomic E-state index is 11.7. The Kier molecular flexibility index (Phi) is 3.30. The first kappa shape index (κ1) is 10.5. The van der Waals surface area contributed by atoms with Gasteiger partial charge in [0.1, 0.15) is 0 Å². The van der Waals surface area contributed by atoms with Crippen molar-refractivity contribution in [2.75, 3.05) is 6.26 Å². The summed E-state index contributed by atoms with van der Waals surface area (Å²) in [5, 5.41) is 10.1. The number of hydrogen-bond donors (Lipinski definition) is 2. The Morgan fingerprint density at radius 2 is 2.53 bits per heavy atom. The van der Waals surface area contributed by atoms with E-state index in [-0.39, 0.29) is 5.91 Å². The van der Waals surface area contributed by atoms with Crippen LogP contribution in [0.2, 0.25) is 0 Å². The molecule has 15 heavy (non-hydrogen) atoms. The van der Waals surface area contributed by atoms with Crippen LogP contribution in [0.4, 0.5) is 0 Å². The third-order valence-corrected chi connectivity index (χ3v) is 3.91. The molecule has 0 aromatic carbocycles. The van der Waals surface area contributed by atoms with Gasteiger partial charge in [0, 0.05) is 17.5 Å². The molecule has 0 radical (unpaired) electrons. The first-order chi connectivity index (χ1) is 7.29. The molecule has 0 saturated heterocycles. The van der Waals surface area contributed by atoms with Gasteiger partial charge in [-0.3, -0.25) is 9.89 Å². The number of rotatable bonds is 3. The van der Waals surface area contributed by atoms with Crippen LogP contribution in [-0.2, 0) is 0 Å². The predicted molar refractivity (Wildman–Crippen MR) is 61.0 cm³/mol. The molecule has 2 N–H and O–H groups in total. The van der Waals surface area contributed by atoms with Gasteiger partial charge in [0.25, 0.3) is 5.91 Å². The van der Waals surface area contributed by atoms with E-state index in [0.717, 1.165) is 12.8 Å². The molecule has 1 amide bonds. The first-order valence-electron chi connectivity index (χ1n) is 5.12. The molecule has 0 spiro atoms. The van der Waals surface area contributed by atoms with E-state index in [1.807, 2.05) is 11.8 Å². The monoisotopic (exact) mass is 225 g/mol. The molecule has 1 heterocycles. The molecular formula is C10H15N3OS. The molecular weight excluding hydrogens is 210 g/mol. The molecule has 2 rings (SSSR count). The van der Waals surface area contributed by atoms with E-state index in [4.69, 9.17) is 0 Å². The lowest BCUT2D eigenvalue weighted by Gasteiger charge is -2.11. The summed E-state index contributed by atoms with van der Waals surface area (Å²) in [7, 11) is 0. The topological polar surface area (TPSA) is 57.8 Å². The molecule has 4 nitrogen and oxygen atoms in total. The third kappa shape index (κ3) is 2.53. The number of carbonyl (C=O) groups is 1. The molecule has 82 valence electrons. The molecule has 1 aliphatic rings. The van der Waals surface area contributed by atoms with Gasteiger partial charge in [-0.05, 0) is 25.5 Å². The van der Waals surface area contributed by atoms with E-state index in [9.17, 15) is 4.79 Å². The van der Waals surface area contributed by atoms with E-state index in [1.165, 1.54) is 6.42 Å². The zero-order valence-electron chi connectivity index (χ0n) is 8.69. The lowest BCUT2D eigenvalue weighted by Crippen LogP contribution is -2.32. The van der Waals surface area contributed by atoms with Crippen molar-refractivity contribution >= 4 is 17.7 Å². The summed E-state index contributed by atoms with van der Waals surface area (Å²) in [6.07, 6.45) is 8.69. The van der Waals surface area contributed by atoms with E-state index < -0.39 is 0 Å². The van der Waals surface area contributed by atoms with Gasteiger partial charge in [-0.25, -0.2) is 0 Å². The molecule has 0 aliphatic heterocycles. The lowest BCUT2D eigenvalue weighted by molar-refractivity contribution is 0.0938. The number of nitrogens with zero attached hydrogens (tertiary/aromatic N) is 1. The van der Waals surface area contributed by atoms with Crippen LogP contribution in [0.15, 0.2) is 12.4 Å². The Morgan fingerprint density at radius 3 is 3.13 bits per heavy atom. The molecule has 1 aromatic heterocycles. The highest BCUT2D eigenvalue weighted by atomic mass is 32.2. The van der Waals surface area contributed by atoms with Crippen LogP contribution in [0.5, 0.6) is 0 Å². The van der Waals surface area contributed by atoms with Crippen molar-refractivity contribution in [1.29, 1.82) is 0 Å². The molecule has 0 bridgehead atoms. The SMILES string of the molecule is CSC1CCC(NC(=O)c2cn[nH]c2)C1. The summed E-state index contributed by atoms with van der Waals surface area (Å²) in [5.41, 5.74) is 0.614. The number of H-pyrrole nitrogens is 1. The number of carbonyl (C=O) groups excluding carboxylic acids is 1. The summed E-state index contributed by atoms with van der Waals surface area (Å²) in [5.74, 6) is -0.0181. The summed E-state index contributed by atoms with van der Waals surface area (Å²) in [6, 6.07) is 0.338. The van der Waals surface area contributed by atoms with E-state index >= 15 is 0 Å². The molecule has 1 fully saturated rings. The fraction of sp³-hybridized carbons (Fsp3) is 0.600. The van der Waals surface area contributed by atoms with Gasteiger partial charge >= 0.3 is 0 Å². The summed E-state index contributed by atoms with van der Waals surface area (Å²) >= 11 is 1.89. The molecule has 2 atom stereocenters. The van der Waals surface area contributed by atoms with Crippen molar-refractivity contribution in [3.63, 3.8) is 0 Å². The maximum Gasteiger partial charge on any atom is 0.254 e. The summed E-state index contributed by atoms with van der Waals surface area (Å²) in [4.78, 5) is 11.7. The smallest absolute Gasteiger partial charge is 0.254 e. The van der Waals surface area contributed by atoms with Crippen molar-refractivity contribution in [3.05, 3.63) is 18.0 Å². The van der Waals surface area contributed by atoms with Crippen LogP contribution in [0.25, 0.3) is 0 Å². The average Bonchev–Trinajstić information content (AvgIpc) is 2.87. The largest absolute Gasteiger partial charge is 0.349 e. The van der Waals surface area contributed by atoms with Crippen molar-refractivity contribution in [2.45, 2.75) is 30.6 Å². The number of aromatic amines is 1. The van der Waals surface area contributed by atoms with Crippen molar-refractivity contribution in [1.82, 2.24) is 15.5 Å². The van der Waals surface area contributed by atoms with E-state index in [2.05, 4.69) is 21.8 Å². The van der Waals surface area contributed by atoms with Gasteiger partial charge in [0.2, 0.25) is 0 Å². The Balaban J connectivity index is 1.86. The third-order valence-electron chi connectivity index (χ3n) is 2.81. The summed E-state index contributed by atoms with van der Waals surface area (Å²) < 4.78 is 0. The van der Waals surface area contributed by atoms with Crippen molar-refractivity contribution in [3.8, 4) is 0 Å². The molecule has 1 saturated carbocycles. The highest BCUT2D eigenvalue weighted by Gasteiger charge is 2.25. The fourth-order valence-electron chi connectivity index (χ4n) is 1.93. The van der Waals surface area contributed by atoms with Crippen LogP contribution in [-0.4, -0.2) is 33.7 Å². The van der Waals surface area contributed by atoms with Crippen LogP contribution in [0.3, 0.4) is 0 Å². The Morgan fingerprint density at radius 1 is 1.67 bits per heavy atom. The average molecular weight is 225 g/mol. The lowest BCUT2D eigenvalue weighted by atomic mass is 10.2. The van der Waals surface area contributed by atoms with Crippen molar-refractivity contribution < 1.29 is 4.79 Å². The van der Waals surface area contributed by atoms with Gasteiger partial charge < -0.3 is 5.32 Å². The molecule has 1 aromatic rings. The minimum Gasteiger partial charge on any atom is -0.349 e.